The summed E-state index contributed by atoms with van der Waals surface area (Å²) in [5.41, 5.74) is -0.102. The minimum atomic E-state index is -4.39. The smallest absolute Gasteiger partial charge is 0.416 e. The molecule has 1 N–H and O–H groups in total. The summed E-state index contributed by atoms with van der Waals surface area (Å²) < 4.78 is 42.7. The van der Waals surface area contributed by atoms with Gasteiger partial charge in [0, 0.05) is 11.3 Å². The third-order valence-electron chi connectivity index (χ3n) is 2.88. The molecule has 0 aromatic heterocycles. The van der Waals surface area contributed by atoms with E-state index in [1.54, 1.807) is 24.3 Å². The van der Waals surface area contributed by atoms with Crippen LogP contribution in [0.15, 0.2) is 48.5 Å². The van der Waals surface area contributed by atoms with E-state index in [1.165, 1.54) is 12.1 Å². The Morgan fingerprint density at radius 2 is 1.82 bits per heavy atom. The number of anilines is 1. The van der Waals surface area contributed by atoms with E-state index in [9.17, 15) is 18.0 Å². The van der Waals surface area contributed by atoms with E-state index in [1.807, 2.05) is 6.92 Å². The maximum absolute atomic E-state index is 12.5. The molecule has 116 valence electrons. The Morgan fingerprint density at radius 1 is 1.14 bits per heavy atom. The zero-order valence-electron chi connectivity index (χ0n) is 11.8. The molecule has 0 radical (unpaired) electrons. The molecule has 0 atom stereocenters. The Labute approximate surface area is 125 Å². The first-order valence-electron chi connectivity index (χ1n) is 6.61. The van der Waals surface area contributed by atoms with Crippen LogP contribution in [0.3, 0.4) is 0 Å². The number of ether oxygens (including phenoxy) is 1. The molecule has 0 spiro atoms. The van der Waals surface area contributed by atoms with Crippen LogP contribution in [0.4, 0.5) is 18.9 Å². The lowest BCUT2D eigenvalue weighted by Gasteiger charge is -2.09. The largest absolute Gasteiger partial charge is 0.494 e. The quantitative estimate of drug-likeness (QED) is 0.911. The minimum absolute atomic E-state index is 0.291. The van der Waals surface area contributed by atoms with Crippen LogP contribution in [0.25, 0.3) is 0 Å². The zero-order chi connectivity index (χ0) is 16.2. The van der Waals surface area contributed by atoms with E-state index < -0.39 is 17.6 Å². The molecule has 2 aromatic carbocycles. The summed E-state index contributed by atoms with van der Waals surface area (Å²) in [6.45, 7) is 2.30. The van der Waals surface area contributed by atoms with Crippen molar-refractivity contribution >= 4 is 11.6 Å². The van der Waals surface area contributed by atoms with Gasteiger partial charge in [0.25, 0.3) is 5.91 Å². The summed E-state index contributed by atoms with van der Waals surface area (Å²) >= 11 is 0. The van der Waals surface area contributed by atoms with Crippen molar-refractivity contribution in [3.8, 4) is 5.75 Å². The number of carbonyl (C=O) groups is 1. The molecule has 2 rings (SSSR count). The lowest BCUT2D eigenvalue weighted by molar-refractivity contribution is -0.137. The third-order valence-corrected chi connectivity index (χ3v) is 2.88. The van der Waals surface area contributed by atoms with E-state index in [4.69, 9.17) is 4.74 Å². The second-order valence-corrected chi connectivity index (χ2v) is 4.49. The number of nitrogens with one attached hydrogen (secondary N) is 1. The summed E-state index contributed by atoms with van der Waals surface area (Å²) in [6.07, 6.45) is -4.39. The first kappa shape index (κ1) is 15.9. The molecule has 0 aliphatic rings. The molecule has 0 saturated heterocycles. The fourth-order valence-electron chi connectivity index (χ4n) is 1.84. The zero-order valence-corrected chi connectivity index (χ0v) is 11.8. The molecule has 0 heterocycles. The maximum atomic E-state index is 12.5. The number of benzene rings is 2. The number of amides is 1. The standard InChI is InChI=1S/C16H14F3NO2/c1-2-22-14-5-3-4-11(10-14)15(21)20-13-8-6-12(7-9-13)16(17,18)19/h3-10H,2H2,1H3,(H,20,21). The summed E-state index contributed by atoms with van der Waals surface area (Å²) in [4.78, 5) is 12.1. The molecule has 0 fully saturated rings. The third kappa shape index (κ3) is 4.00. The molecule has 2 aromatic rings. The first-order valence-corrected chi connectivity index (χ1v) is 6.61. The van der Waals surface area contributed by atoms with Crippen LogP contribution in [0.5, 0.6) is 5.75 Å². The molecule has 1 amide bonds. The Balaban J connectivity index is 2.10. The Bertz CT molecular complexity index is 651. The molecule has 22 heavy (non-hydrogen) atoms. The van der Waals surface area contributed by atoms with Crippen molar-refractivity contribution in [3.63, 3.8) is 0 Å². The van der Waals surface area contributed by atoms with Gasteiger partial charge in [-0.3, -0.25) is 4.79 Å². The number of alkyl halides is 3. The van der Waals surface area contributed by atoms with Gasteiger partial charge in [-0.05, 0) is 49.4 Å². The van der Waals surface area contributed by atoms with Gasteiger partial charge in [0.1, 0.15) is 5.75 Å². The monoisotopic (exact) mass is 309 g/mol. The van der Waals surface area contributed by atoms with E-state index in [-0.39, 0.29) is 0 Å². The maximum Gasteiger partial charge on any atom is 0.416 e. The van der Waals surface area contributed by atoms with Crippen LogP contribution in [0.1, 0.15) is 22.8 Å². The van der Waals surface area contributed by atoms with Gasteiger partial charge >= 0.3 is 6.18 Å². The number of rotatable bonds is 4. The van der Waals surface area contributed by atoms with Gasteiger partial charge in [-0.1, -0.05) is 6.07 Å². The molecular weight excluding hydrogens is 295 g/mol. The first-order chi connectivity index (χ1) is 10.4. The van der Waals surface area contributed by atoms with Crippen molar-refractivity contribution in [1.29, 1.82) is 0 Å². The molecule has 3 nitrogen and oxygen atoms in total. The highest BCUT2D eigenvalue weighted by Gasteiger charge is 2.29. The molecule has 0 aliphatic heterocycles. The average molecular weight is 309 g/mol. The van der Waals surface area contributed by atoms with Gasteiger partial charge in [0.05, 0.1) is 12.2 Å². The highest BCUT2D eigenvalue weighted by Crippen LogP contribution is 2.29. The Kier molecular flexibility index (Phi) is 4.70. The predicted molar refractivity (Wildman–Crippen MR) is 77.0 cm³/mol. The van der Waals surface area contributed by atoms with Gasteiger partial charge in [-0.15, -0.1) is 0 Å². The van der Waals surface area contributed by atoms with Crippen molar-refractivity contribution in [1.82, 2.24) is 0 Å². The lowest BCUT2D eigenvalue weighted by Crippen LogP contribution is -2.12. The fraction of sp³-hybridized carbons (Fsp3) is 0.188. The summed E-state index contributed by atoms with van der Waals surface area (Å²) in [7, 11) is 0. The second kappa shape index (κ2) is 6.51. The summed E-state index contributed by atoms with van der Waals surface area (Å²) in [6, 6.07) is 10.8. The van der Waals surface area contributed by atoms with Crippen LogP contribution in [-0.4, -0.2) is 12.5 Å². The van der Waals surface area contributed by atoms with Crippen molar-refractivity contribution in [2.45, 2.75) is 13.1 Å². The molecule has 0 bridgehead atoms. The van der Waals surface area contributed by atoms with E-state index in [0.717, 1.165) is 12.1 Å². The highest BCUT2D eigenvalue weighted by molar-refractivity contribution is 6.04. The fourth-order valence-corrected chi connectivity index (χ4v) is 1.84. The van der Waals surface area contributed by atoms with E-state index >= 15 is 0 Å². The van der Waals surface area contributed by atoms with Crippen molar-refractivity contribution in [2.24, 2.45) is 0 Å². The van der Waals surface area contributed by atoms with E-state index in [2.05, 4.69) is 5.32 Å². The number of carbonyl (C=O) groups excluding carboxylic acids is 1. The van der Waals surface area contributed by atoms with Crippen molar-refractivity contribution in [3.05, 3.63) is 59.7 Å². The normalized spacial score (nSPS) is 11.1. The summed E-state index contributed by atoms with van der Waals surface area (Å²) in [5.74, 6) is 0.142. The second-order valence-electron chi connectivity index (χ2n) is 4.49. The molecular formula is C16H14F3NO2. The van der Waals surface area contributed by atoms with Crippen LogP contribution in [-0.2, 0) is 6.18 Å². The number of hydrogen-bond acceptors (Lipinski definition) is 2. The molecule has 0 saturated carbocycles. The van der Waals surface area contributed by atoms with Crippen LogP contribution in [0, 0.1) is 0 Å². The molecule has 0 unspecified atom stereocenters. The topological polar surface area (TPSA) is 38.3 Å². The van der Waals surface area contributed by atoms with Crippen molar-refractivity contribution in [2.75, 3.05) is 11.9 Å². The van der Waals surface area contributed by atoms with Gasteiger partial charge in [0.2, 0.25) is 0 Å². The molecule has 0 aliphatic carbocycles. The van der Waals surface area contributed by atoms with Gasteiger partial charge < -0.3 is 10.1 Å². The summed E-state index contributed by atoms with van der Waals surface area (Å²) in [5, 5.41) is 2.54. The number of halogens is 3. The van der Waals surface area contributed by atoms with Crippen LogP contribution in [0.2, 0.25) is 0 Å². The highest BCUT2D eigenvalue weighted by atomic mass is 19.4. The minimum Gasteiger partial charge on any atom is -0.494 e. The average Bonchev–Trinajstić information content (AvgIpc) is 2.47. The van der Waals surface area contributed by atoms with E-state index in [0.29, 0.717) is 23.6 Å². The Hall–Kier alpha value is -2.50. The SMILES string of the molecule is CCOc1cccc(C(=O)Nc2ccc(C(F)(F)F)cc2)c1. The van der Waals surface area contributed by atoms with Crippen LogP contribution < -0.4 is 10.1 Å². The Morgan fingerprint density at radius 3 is 2.41 bits per heavy atom. The van der Waals surface area contributed by atoms with Gasteiger partial charge in [0.15, 0.2) is 0 Å². The van der Waals surface area contributed by atoms with Crippen molar-refractivity contribution < 1.29 is 22.7 Å². The lowest BCUT2D eigenvalue weighted by atomic mass is 10.1. The molecule has 6 heteroatoms. The number of hydrogen-bond donors (Lipinski definition) is 1. The predicted octanol–water partition coefficient (Wildman–Crippen LogP) is 4.36. The van der Waals surface area contributed by atoms with Gasteiger partial charge in [-0.25, -0.2) is 0 Å². The van der Waals surface area contributed by atoms with Crippen LogP contribution >= 0.6 is 0 Å². The van der Waals surface area contributed by atoms with Gasteiger partial charge in [-0.2, -0.15) is 13.2 Å².